The second-order valence-electron chi connectivity index (χ2n) is 0.760. The van der Waals surface area contributed by atoms with Gasteiger partial charge in [-0.2, -0.15) is 8.42 Å². The summed E-state index contributed by atoms with van der Waals surface area (Å²) in [6.45, 7) is -0.0710. The Morgan fingerprint density at radius 2 is 2.43 bits per heavy atom. The zero-order valence-electron chi connectivity index (χ0n) is 4.66. The van der Waals surface area contributed by atoms with Crippen LogP contribution >= 0.6 is 0 Å². The smallest absolute Gasteiger partial charge is 0.264 e. The number of hydrogen-bond donors (Lipinski definition) is 1. The average molecular weight is 127 g/mol. The van der Waals surface area contributed by atoms with Gasteiger partial charge >= 0.3 is 10.4 Å². The van der Waals surface area contributed by atoms with Gasteiger partial charge < -0.3 is 0 Å². The fraction of sp³-hybridized carbons (Fsp3) is 1.00. The molecule has 0 rings (SSSR count). The van der Waals surface area contributed by atoms with Crippen LogP contribution in [0, 0.1) is 0 Å². The van der Waals surface area contributed by atoms with Gasteiger partial charge in [0.05, 0.1) is 7.95 Å². The van der Waals surface area contributed by atoms with Crippen molar-refractivity contribution in [2.45, 2.75) is 6.92 Å². The van der Waals surface area contributed by atoms with Gasteiger partial charge in [0.25, 0.3) is 0 Å². The van der Waals surface area contributed by atoms with Crippen molar-refractivity contribution < 1.29 is 18.5 Å². The van der Waals surface area contributed by atoms with Gasteiger partial charge in [-0.3, -0.25) is 4.55 Å². The molecule has 1 N–H and O–H groups in total. The van der Waals surface area contributed by atoms with Crippen LogP contribution in [-0.4, -0.2) is 19.6 Å². The number of rotatable bonds is 2. The zero-order chi connectivity index (χ0) is 6.78. The van der Waals surface area contributed by atoms with Crippen LogP contribution in [0.25, 0.3) is 0 Å². The Morgan fingerprint density at radius 1 is 2.00 bits per heavy atom. The Balaban J connectivity index is 3.75. The molecule has 5 heteroatoms. The van der Waals surface area contributed by atoms with E-state index in [-0.39, 0.29) is 0 Å². The SMILES string of the molecule is [2H]C(C)OS(=O)(=O)O. The lowest BCUT2D eigenvalue weighted by atomic mass is 10.9. The van der Waals surface area contributed by atoms with Crippen molar-refractivity contribution >= 4 is 10.4 Å². The first-order valence-corrected chi connectivity index (χ1v) is 2.86. The molecule has 44 valence electrons. The maximum Gasteiger partial charge on any atom is 0.397 e. The third-order valence-electron chi connectivity index (χ3n) is 0.218. The molecule has 0 bridgehead atoms. The predicted octanol–water partition coefficient (Wildman–Crippen LogP) is -0.174. The number of hydrogen-bond acceptors (Lipinski definition) is 3. The highest BCUT2D eigenvalue weighted by atomic mass is 32.3. The molecular weight excluding hydrogens is 120 g/mol. The molecule has 0 aromatic heterocycles. The lowest BCUT2D eigenvalue weighted by Crippen LogP contribution is -2.01. The Bertz CT molecular complexity index is 147. The van der Waals surface area contributed by atoms with Crippen molar-refractivity contribution in [2.24, 2.45) is 0 Å². The molecule has 0 saturated carbocycles. The Kier molecular flexibility index (Phi) is 1.61. The van der Waals surface area contributed by atoms with Crippen molar-refractivity contribution in [1.82, 2.24) is 0 Å². The molecule has 0 spiro atoms. The Morgan fingerprint density at radius 3 is 2.43 bits per heavy atom. The van der Waals surface area contributed by atoms with E-state index in [0.29, 0.717) is 0 Å². The molecule has 0 aliphatic rings. The first kappa shape index (κ1) is 5.02. The summed E-state index contributed by atoms with van der Waals surface area (Å²) in [6.07, 6.45) is 0. The third kappa shape index (κ3) is 5.87. The molecule has 7 heavy (non-hydrogen) atoms. The Labute approximate surface area is 43.5 Å². The van der Waals surface area contributed by atoms with Crippen molar-refractivity contribution in [3.05, 3.63) is 0 Å². The highest BCUT2D eigenvalue weighted by molar-refractivity contribution is 7.80. The minimum atomic E-state index is -4.41. The van der Waals surface area contributed by atoms with E-state index in [2.05, 4.69) is 4.18 Å². The minimum absolute atomic E-state index is 1.17. The van der Waals surface area contributed by atoms with E-state index < -0.39 is 17.0 Å². The quantitative estimate of drug-likeness (QED) is 0.523. The fourth-order valence-corrected chi connectivity index (χ4v) is 0.365. The first-order chi connectivity index (χ1) is 3.42. The van der Waals surface area contributed by atoms with Gasteiger partial charge in [-0.25, -0.2) is 4.18 Å². The summed E-state index contributed by atoms with van der Waals surface area (Å²) in [5.74, 6) is 0. The summed E-state index contributed by atoms with van der Waals surface area (Å²) in [7, 11) is -4.41. The van der Waals surface area contributed by atoms with Crippen LogP contribution in [0.15, 0.2) is 0 Å². The molecule has 0 fully saturated rings. The molecule has 0 radical (unpaired) electrons. The Hall–Kier alpha value is -0.130. The molecule has 0 amide bonds. The maximum absolute atomic E-state index is 9.65. The fourth-order valence-electron chi connectivity index (χ4n) is 0.122. The topological polar surface area (TPSA) is 63.6 Å². The van der Waals surface area contributed by atoms with Crippen molar-refractivity contribution in [2.75, 3.05) is 6.58 Å². The van der Waals surface area contributed by atoms with Gasteiger partial charge in [-0.15, -0.1) is 0 Å². The van der Waals surface area contributed by atoms with E-state index in [4.69, 9.17) is 5.92 Å². The van der Waals surface area contributed by atoms with E-state index in [1.54, 1.807) is 0 Å². The molecule has 1 atom stereocenters. The second-order valence-corrected chi connectivity index (χ2v) is 1.81. The summed E-state index contributed by atoms with van der Waals surface area (Å²) in [4.78, 5) is 0. The van der Waals surface area contributed by atoms with Crippen LogP contribution in [0.1, 0.15) is 8.29 Å². The van der Waals surface area contributed by atoms with Crippen LogP contribution in [-0.2, 0) is 14.6 Å². The summed E-state index contributed by atoms with van der Waals surface area (Å²) < 4.78 is 37.2. The molecule has 1 unspecified atom stereocenters. The minimum Gasteiger partial charge on any atom is -0.264 e. The molecule has 0 saturated heterocycles. The van der Waals surface area contributed by atoms with Crippen LogP contribution in [0.5, 0.6) is 0 Å². The van der Waals surface area contributed by atoms with Crippen LogP contribution < -0.4 is 0 Å². The molecular formula is C2H6O4S. The van der Waals surface area contributed by atoms with Gasteiger partial charge in [0.2, 0.25) is 0 Å². The summed E-state index contributed by atoms with van der Waals surface area (Å²) in [6, 6.07) is 0. The first-order valence-electron chi connectivity index (χ1n) is 2.07. The highest BCUT2D eigenvalue weighted by Gasteiger charge is 1.98. The van der Waals surface area contributed by atoms with Crippen molar-refractivity contribution in [1.29, 1.82) is 0 Å². The van der Waals surface area contributed by atoms with Gasteiger partial charge in [-0.05, 0) is 6.92 Å². The monoisotopic (exact) mass is 127 g/mol. The second kappa shape index (κ2) is 2.25. The summed E-state index contributed by atoms with van der Waals surface area (Å²) in [5, 5.41) is 0. The summed E-state index contributed by atoms with van der Waals surface area (Å²) in [5.41, 5.74) is 0. The van der Waals surface area contributed by atoms with Gasteiger partial charge in [0.1, 0.15) is 0 Å². The van der Waals surface area contributed by atoms with E-state index in [1.165, 1.54) is 6.92 Å². The lowest BCUT2D eigenvalue weighted by molar-refractivity contribution is 0.283. The van der Waals surface area contributed by atoms with Crippen LogP contribution in [0.3, 0.4) is 0 Å². The highest BCUT2D eigenvalue weighted by Crippen LogP contribution is 1.81. The van der Waals surface area contributed by atoms with E-state index in [9.17, 15) is 8.42 Å². The average Bonchev–Trinajstić information content (AvgIpc) is 1.21. The normalized spacial score (nSPS) is 18.3. The van der Waals surface area contributed by atoms with Crippen LogP contribution in [0.2, 0.25) is 0 Å². The molecule has 4 nitrogen and oxygen atoms in total. The standard InChI is InChI=1S/C2H6O4S/c1-2-6-7(3,4)5/h2H2,1H3,(H,3,4,5)/i2D. The third-order valence-corrected chi connectivity index (χ3v) is 0.653. The van der Waals surface area contributed by atoms with Gasteiger partial charge in [-0.1, -0.05) is 0 Å². The van der Waals surface area contributed by atoms with E-state index in [0.717, 1.165) is 0 Å². The van der Waals surface area contributed by atoms with E-state index in [1.807, 2.05) is 0 Å². The molecule has 0 aliphatic carbocycles. The molecule has 0 heterocycles. The van der Waals surface area contributed by atoms with Gasteiger partial charge in [0.15, 0.2) is 0 Å². The van der Waals surface area contributed by atoms with Crippen molar-refractivity contribution in [3.8, 4) is 0 Å². The maximum atomic E-state index is 9.65. The zero-order valence-corrected chi connectivity index (χ0v) is 4.47. The predicted molar refractivity (Wildman–Crippen MR) is 23.2 cm³/mol. The van der Waals surface area contributed by atoms with Crippen molar-refractivity contribution in [3.63, 3.8) is 0 Å². The summed E-state index contributed by atoms with van der Waals surface area (Å²) >= 11 is 0. The lowest BCUT2D eigenvalue weighted by Gasteiger charge is -1.88. The largest absolute Gasteiger partial charge is 0.397 e. The van der Waals surface area contributed by atoms with E-state index >= 15 is 0 Å². The molecule has 0 aromatic carbocycles. The van der Waals surface area contributed by atoms with Gasteiger partial charge in [0, 0.05) is 0 Å². The van der Waals surface area contributed by atoms with Crippen LogP contribution in [0.4, 0.5) is 0 Å². The molecule has 0 aromatic rings. The molecule has 0 aliphatic heterocycles.